The highest BCUT2D eigenvalue weighted by Gasteiger charge is 1.97. The Morgan fingerprint density at radius 3 is 1.24 bits per heavy atom. The lowest BCUT2D eigenvalue weighted by Gasteiger charge is -2.08. The molecule has 0 atom stereocenters. The standard InChI is InChI=1S/C20H39N.C18H36O2/c1-4-5-6-7-8-9-10-11-12-13-14-15-16-17-18-19-20-21(2)3;1-2-3-4-5-6-7-8-9-10-11-12-13-14-15-16-17-18(19)20/h8-9,11-12H,4-7,10,13-20H2,1-3H3;2-17H2,1H3,(H,19,20)/b9-8-,12-11-;. The van der Waals surface area contributed by atoms with Gasteiger partial charge in [0.15, 0.2) is 0 Å². The average Bonchev–Trinajstić information content (AvgIpc) is 2.95. The number of carboxylic acid groups (broad SMARTS) is 1. The first kappa shape index (κ1) is 42.0. The molecule has 3 heteroatoms. The van der Waals surface area contributed by atoms with E-state index in [1.54, 1.807) is 0 Å². The van der Waals surface area contributed by atoms with Crippen molar-refractivity contribution in [3.63, 3.8) is 0 Å². The predicted octanol–water partition coefficient (Wildman–Crippen LogP) is 12.7. The Morgan fingerprint density at radius 2 is 0.829 bits per heavy atom. The summed E-state index contributed by atoms with van der Waals surface area (Å²) in [5, 5.41) is 8.52. The van der Waals surface area contributed by atoms with E-state index in [2.05, 4.69) is 57.1 Å². The molecule has 244 valence electrons. The van der Waals surface area contributed by atoms with Crippen molar-refractivity contribution < 1.29 is 9.90 Å². The minimum absolute atomic E-state index is 0.345. The van der Waals surface area contributed by atoms with Crippen molar-refractivity contribution in [1.82, 2.24) is 4.90 Å². The van der Waals surface area contributed by atoms with E-state index >= 15 is 0 Å². The maximum absolute atomic E-state index is 10.3. The summed E-state index contributed by atoms with van der Waals surface area (Å²) in [5.41, 5.74) is 0. The van der Waals surface area contributed by atoms with Crippen molar-refractivity contribution in [3.05, 3.63) is 24.3 Å². The first-order valence-corrected chi connectivity index (χ1v) is 18.2. The smallest absolute Gasteiger partial charge is 0.303 e. The second kappa shape index (κ2) is 38.9. The summed E-state index contributed by atoms with van der Waals surface area (Å²) in [6.07, 6.45) is 45.6. The van der Waals surface area contributed by atoms with Crippen molar-refractivity contribution >= 4 is 5.97 Å². The highest BCUT2D eigenvalue weighted by atomic mass is 16.4. The molecule has 0 saturated heterocycles. The summed E-state index contributed by atoms with van der Waals surface area (Å²) < 4.78 is 0. The third-order valence-electron chi connectivity index (χ3n) is 7.80. The number of allylic oxidation sites excluding steroid dienone is 4. The summed E-state index contributed by atoms with van der Waals surface area (Å²) in [5.74, 6) is -0.653. The van der Waals surface area contributed by atoms with Gasteiger partial charge in [0.1, 0.15) is 0 Å². The highest BCUT2D eigenvalue weighted by Crippen LogP contribution is 2.14. The van der Waals surface area contributed by atoms with Gasteiger partial charge in [-0.25, -0.2) is 0 Å². The second-order valence-corrected chi connectivity index (χ2v) is 12.5. The summed E-state index contributed by atoms with van der Waals surface area (Å²) in [7, 11) is 4.32. The quantitative estimate of drug-likeness (QED) is 0.0658. The zero-order valence-electron chi connectivity index (χ0n) is 28.6. The van der Waals surface area contributed by atoms with Crippen molar-refractivity contribution in [1.29, 1.82) is 0 Å². The van der Waals surface area contributed by atoms with Gasteiger partial charge in [-0.3, -0.25) is 4.79 Å². The Morgan fingerprint density at radius 1 is 0.488 bits per heavy atom. The third kappa shape index (κ3) is 46.1. The van der Waals surface area contributed by atoms with Crippen LogP contribution in [0.3, 0.4) is 0 Å². The number of rotatable bonds is 31. The Kier molecular flexibility index (Phi) is 39.9. The van der Waals surface area contributed by atoms with Crippen LogP contribution in [0.2, 0.25) is 0 Å². The molecule has 0 bridgehead atoms. The van der Waals surface area contributed by atoms with Gasteiger partial charge in [-0.2, -0.15) is 0 Å². The molecule has 0 aliphatic rings. The predicted molar refractivity (Wildman–Crippen MR) is 185 cm³/mol. The molecule has 0 fully saturated rings. The molecule has 0 unspecified atom stereocenters. The molecule has 0 radical (unpaired) electrons. The van der Waals surface area contributed by atoms with Crippen LogP contribution in [0.25, 0.3) is 0 Å². The second-order valence-electron chi connectivity index (χ2n) is 12.5. The summed E-state index contributed by atoms with van der Waals surface area (Å²) >= 11 is 0. The fourth-order valence-electron chi connectivity index (χ4n) is 5.06. The minimum atomic E-state index is -0.653. The topological polar surface area (TPSA) is 40.5 Å². The summed E-state index contributed by atoms with van der Waals surface area (Å²) in [6, 6.07) is 0. The van der Waals surface area contributed by atoms with Crippen molar-refractivity contribution in [2.75, 3.05) is 20.6 Å². The van der Waals surface area contributed by atoms with Gasteiger partial charge in [0.25, 0.3) is 0 Å². The molecule has 0 aromatic carbocycles. The van der Waals surface area contributed by atoms with E-state index in [4.69, 9.17) is 5.11 Å². The van der Waals surface area contributed by atoms with Crippen LogP contribution in [0.1, 0.15) is 194 Å². The van der Waals surface area contributed by atoms with Gasteiger partial charge in [0.05, 0.1) is 0 Å². The molecule has 0 saturated carbocycles. The van der Waals surface area contributed by atoms with Crippen LogP contribution in [0.15, 0.2) is 24.3 Å². The van der Waals surface area contributed by atoms with Crippen molar-refractivity contribution in [2.24, 2.45) is 0 Å². The van der Waals surface area contributed by atoms with Crippen LogP contribution in [-0.2, 0) is 4.79 Å². The molecule has 0 aliphatic heterocycles. The van der Waals surface area contributed by atoms with Crippen LogP contribution >= 0.6 is 0 Å². The fourth-order valence-corrected chi connectivity index (χ4v) is 5.06. The molecule has 3 nitrogen and oxygen atoms in total. The molecule has 0 aromatic rings. The first-order valence-electron chi connectivity index (χ1n) is 18.2. The molecule has 0 spiro atoms. The number of hydrogen-bond donors (Lipinski definition) is 1. The molecule has 0 amide bonds. The zero-order chi connectivity index (χ0) is 30.5. The lowest BCUT2D eigenvalue weighted by Crippen LogP contribution is -2.12. The summed E-state index contributed by atoms with van der Waals surface area (Å²) in [4.78, 5) is 12.6. The number of carboxylic acids is 1. The molecule has 0 aliphatic carbocycles. The van der Waals surface area contributed by atoms with Crippen LogP contribution in [-0.4, -0.2) is 36.6 Å². The van der Waals surface area contributed by atoms with Gasteiger partial charge >= 0.3 is 5.97 Å². The number of hydrogen-bond acceptors (Lipinski definition) is 2. The van der Waals surface area contributed by atoms with E-state index in [9.17, 15) is 4.79 Å². The Balaban J connectivity index is 0. The number of aliphatic carboxylic acids is 1. The number of unbranched alkanes of at least 4 members (excludes halogenated alkanes) is 23. The maximum atomic E-state index is 10.3. The van der Waals surface area contributed by atoms with Gasteiger partial charge in [-0.15, -0.1) is 0 Å². The number of carbonyl (C=O) groups is 1. The largest absolute Gasteiger partial charge is 0.481 e. The van der Waals surface area contributed by atoms with Crippen molar-refractivity contribution in [3.8, 4) is 0 Å². The molecular weight excluding hydrogens is 502 g/mol. The highest BCUT2D eigenvalue weighted by molar-refractivity contribution is 5.66. The molecule has 41 heavy (non-hydrogen) atoms. The van der Waals surface area contributed by atoms with E-state index < -0.39 is 5.97 Å². The van der Waals surface area contributed by atoms with E-state index in [1.807, 2.05) is 0 Å². The fraction of sp³-hybridized carbons (Fsp3) is 0.868. The number of nitrogens with zero attached hydrogens (tertiary/aromatic N) is 1. The van der Waals surface area contributed by atoms with Crippen LogP contribution in [0, 0.1) is 0 Å². The van der Waals surface area contributed by atoms with Gasteiger partial charge in [0, 0.05) is 6.42 Å². The Labute approximate surface area is 259 Å². The molecule has 1 N–H and O–H groups in total. The molecule has 0 rings (SSSR count). The molecule has 0 aromatic heterocycles. The lowest BCUT2D eigenvalue weighted by atomic mass is 10.0. The van der Waals surface area contributed by atoms with Crippen LogP contribution < -0.4 is 0 Å². The maximum Gasteiger partial charge on any atom is 0.303 e. The monoisotopic (exact) mass is 578 g/mol. The van der Waals surface area contributed by atoms with E-state index in [0.29, 0.717) is 6.42 Å². The van der Waals surface area contributed by atoms with Crippen LogP contribution in [0.5, 0.6) is 0 Å². The Bertz CT molecular complexity index is 540. The van der Waals surface area contributed by atoms with Gasteiger partial charge in [-0.1, -0.05) is 167 Å². The Hall–Kier alpha value is -1.09. The van der Waals surface area contributed by atoms with E-state index in [1.165, 1.54) is 161 Å². The first-order chi connectivity index (χ1) is 20.0. The summed E-state index contributed by atoms with van der Waals surface area (Å²) in [6.45, 7) is 5.77. The van der Waals surface area contributed by atoms with Gasteiger partial charge in [-0.05, 0) is 65.6 Å². The van der Waals surface area contributed by atoms with E-state index in [0.717, 1.165) is 19.3 Å². The molecule has 0 heterocycles. The molecular formula is C38H75NO2. The van der Waals surface area contributed by atoms with Gasteiger partial charge < -0.3 is 10.0 Å². The van der Waals surface area contributed by atoms with Crippen LogP contribution in [0.4, 0.5) is 0 Å². The normalized spacial score (nSPS) is 11.5. The minimum Gasteiger partial charge on any atom is -0.481 e. The lowest BCUT2D eigenvalue weighted by molar-refractivity contribution is -0.137. The zero-order valence-corrected chi connectivity index (χ0v) is 28.6. The van der Waals surface area contributed by atoms with E-state index in [-0.39, 0.29) is 0 Å². The van der Waals surface area contributed by atoms with Crippen molar-refractivity contribution in [2.45, 2.75) is 194 Å². The third-order valence-corrected chi connectivity index (χ3v) is 7.80. The SMILES string of the molecule is CCCCC/C=C\C/C=C\CCCCCCCCN(C)C.CCCCCCCCCCCCCCCCCC(=O)O. The van der Waals surface area contributed by atoms with Gasteiger partial charge in [0.2, 0.25) is 0 Å². The average molecular weight is 578 g/mol.